The van der Waals surface area contributed by atoms with Crippen molar-refractivity contribution in [3.63, 3.8) is 0 Å². The van der Waals surface area contributed by atoms with Gasteiger partial charge in [-0.3, -0.25) is 9.59 Å². The van der Waals surface area contributed by atoms with Gasteiger partial charge < -0.3 is 15.7 Å². The van der Waals surface area contributed by atoms with Crippen LogP contribution in [-0.4, -0.2) is 41.0 Å². The molecule has 1 atom stereocenters. The first kappa shape index (κ1) is 13.0. The fourth-order valence-electron chi connectivity index (χ4n) is 1.97. The average molecular weight is 228 g/mol. The van der Waals surface area contributed by atoms with E-state index in [-0.39, 0.29) is 18.2 Å². The minimum Gasteiger partial charge on any atom is -0.481 e. The van der Waals surface area contributed by atoms with E-state index in [1.54, 1.807) is 4.90 Å². The van der Waals surface area contributed by atoms with Gasteiger partial charge in [-0.15, -0.1) is 0 Å². The van der Waals surface area contributed by atoms with Gasteiger partial charge >= 0.3 is 5.97 Å². The van der Waals surface area contributed by atoms with Crippen LogP contribution in [0.15, 0.2) is 0 Å². The predicted molar refractivity (Wildman–Crippen MR) is 59.8 cm³/mol. The van der Waals surface area contributed by atoms with Crippen molar-refractivity contribution in [3.05, 3.63) is 0 Å². The zero-order valence-electron chi connectivity index (χ0n) is 9.85. The molecular weight excluding hydrogens is 208 g/mol. The smallest absolute Gasteiger partial charge is 0.303 e. The van der Waals surface area contributed by atoms with Crippen LogP contribution in [-0.2, 0) is 9.59 Å². The molecule has 1 amide bonds. The third-order valence-electron chi connectivity index (χ3n) is 2.77. The molecule has 92 valence electrons. The Morgan fingerprint density at radius 3 is 2.44 bits per heavy atom. The molecule has 1 aliphatic rings. The Labute approximate surface area is 95.6 Å². The van der Waals surface area contributed by atoms with Crippen LogP contribution in [0.5, 0.6) is 0 Å². The second kappa shape index (κ2) is 5.30. The summed E-state index contributed by atoms with van der Waals surface area (Å²) in [5, 5.41) is 8.57. The third-order valence-corrected chi connectivity index (χ3v) is 2.77. The zero-order chi connectivity index (χ0) is 12.3. The molecule has 1 fully saturated rings. The van der Waals surface area contributed by atoms with E-state index in [4.69, 9.17) is 10.8 Å². The number of rotatable bonds is 5. The van der Waals surface area contributed by atoms with Gasteiger partial charge in [-0.2, -0.15) is 0 Å². The number of nitrogens with two attached hydrogens (primary N) is 1. The van der Waals surface area contributed by atoms with E-state index in [9.17, 15) is 9.59 Å². The summed E-state index contributed by atoms with van der Waals surface area (Å²) in [5.74, 6) is -0.346. The lowest BCUT2D eigenvalue weighted by molar-refractivity contribution is -0.145. The molecule has 0 aromatic rings. The van der Waals surface area contributed by atoms with Crippen molar-refractivity contribution in [2.24, 2.45) is 17.6 Å². The van der Waals surface area contributed by atoms with Gasteiger partial charge in [-0.1, -0.05) is 13.8 Å². The Kier molecular flexibility index (Phi) is 4.29. The van der Waals surface area contributed by atoms with Gasteiger partial charge in [0.1, 0.15) is 0 Å². The van der Waals surface area contributed by atoms with E-state index in [1.165, 1.54) is 0 Å². The second-order valence-corrected chi connectivity index (χ2v) is 4.94. The molecule has 0 aromatic carbocycles. The summed E-state index contributed by atoms with van der Waals surface area (Å²) in [4.78, 5) is 23.8. The van der Waals surface area contributed by atoms with Gasteiger partial charge in [-0.05, 0) is 12.3 Å². The number of aliphatic carboxylic acids is 1. The Morgan fingerprint density at radius 1 is 1.44 bits per heavy atom. The lowest BCUT2D eigenvalue weighted by Gasteiger charge is -2.40. The molecule has 1 heterocycles. The Bertz CT molecular complexity index is 272. The first-order valence-electron chi connectivity index (χ1n) is 5.66. The van der Waals surface area contributed by atoms with Gasteiger partial charge in [0.05, 0.1) is 12.5 Å². The van der Waals surface area contributed by atoms with Crippen LogP contribution in [0.25, 0.3) is 0 Å². The van der Waals surface area contributed by atoms with Crippen molar-refractivity contribution in [1.29, 1.82) is 0 Å². The molecule has 16 heavy (non-hydrogen) atoms. The highest BCUT2D eigenvalue weighted by molar-refractivity contribution is 5.82. The van der Waals surface area contributed by atoms with E-state index in [2.05, 4.69) is 0 Å². The molecule has 1 rings (SSSR count). The van der Waals surface area contributed by atoms with Crippen LogP contribution in [0, 0.1) is 11.8 Å². The van der Waals surface area contributed by atoms with Gasteiger partial charge in [-0.25, -0.2) is 0 Å². The molecule has 1 saturated heterocycles. The molecular formula is C11H20N2O3. The van der Waals surface area contributed by atoms with Crippen molar-refractivity contribution >= 4 is 11.9 Å². The number of carbonyl (C=O) groups excluding carboxylic acids is 1. The van der Waals surface area contributed by atoms with Crippen LogP contribution in [0.3, 0.4) is 0 Å². The number of carboxylic acids is 1. The Hall–Kier alpha value is -1.10. The SMILES string of the molecule is CC(C)C[C@@H](N)C(=O)N1CC(CC(=O)O)C1. The first-order chi connectivity index (χ1) is 7.40. The standard InChI is InChI=1S/C11H20N2O3/c1-7(2)3-9(12)11(16)13-5-8(6-13)4-10(14)15/h7-9H,3-6,12H2,1-2H3,(H,14,15)/t9-/m1/s1. The fourth-order valence-corrected chi connectivity index (χ4v) is 1.97. The lowest BCUT2D eigenvalue weighted by atomic mass is 9.94. The predicted octanol–water partition coefficient (Wildman–Crippen LogP) is 0.293. The number of hydrogen-bond acceptors (Lipinski definition) is 3. The van der Waals surface area contributed by atoms with Gasteiger partial charge in [0.25, 0.3) is 0 Å². The maximum absolute atomic E-state index is 11.7. The quantitative estimate of drug-likeness (QED) is 0.708. The molecule has 0 bridgehead atoms. The summed E-state index contributed by atoms with van der Waals surface area (Å²) in [7, 11) is 0. The lowest BCUT2D eigenvalue weighted by Crippen LogP contribution is -2.55. The normalized spacial score (nSPS) is 18.4. The molecule has 0 spiro atoms. The first-order valence-corrected chi connectivity index (χ1v) is 5.66. The molecule has 0 radical (unpaired) electrons. The van der Waals surface area contributed by atoms with Crippen molar-refractivity contribution < 1.29 is 14.7 Å². The highest BCUT2D eigenvalue weighted by atomic mass is 16.4. The van der Waals surface area contributed by atoms with Gasteiger partial charge in [0.2, 0.25) is 5.91 Å². The van der Waals surface area contributed by atoms with Gasteiger partial charge in [0.15, 0.2) is 0 Å². The highest BCUT2D eigenvalue weighted by Gasteiger charge is 2.34. The summed E-state index contributed by atoms with van der Waals surface area (Å²) in [5.41, 5.74) is 5.77. The molecule has 5 nitrogen and oxygen atoms in total. The molecule has 1 aliphatic heterocycles. The van der Waals surface area contributed by atoms with Crippen molar-refractivity contribution in [3.8, 4) is 0 Å². The summed E-state index contributed by atoms with van der Waals surface area (Å²) in [6.07, 6.45) is 0.822. The number of carboxylic acid groups (broad SMARTS) is 1. The minimum absolute atomic E-state index is 0.0460. The summed E-state index contributed by atoms with van der Waals surface area (Å²) < 4.78 is 0. The largest absolute Gasteiger partial charge is 0.481 e. The second-order valence-electron chi connectivity index (χ2n) is 4.94. The van der Waals surface area contributed by atoms with Crippen LogP contribution in [0.2, 0.25) is 0 Å². The summed E-state index contributed by atoms with van der Waals surface area (Å²) in [6, 6.07) is -0.439. The van der Waals surface area contributed by atoms with E-state index >= 15 is 0 Å². The van der Waals surface area contributed by atoms with Crippen LogP contribution in [0.1, 0.15) is 26.7 Å². The Morgan fingerprint density at radius 2 is 2.00 bits per heavy atom. The molecule has 0 saturated carbocycles. The topological polar surface area (TPSA) is 83.6 Å². The van der Waals surface area contributed by atoms with E-state index in [0.29, 0.717) is 25.4 Å². The van der Waals surface area contributed by atoms with E-state index in [1.807, 2.05) is 13.8 Å². The van der Waals surface area contributed by atoms with Crippen LogP contribution in [0.4, 0.5) is 0 Å². The van der Waals surface area contributed by atoms with Gasteiger partial charge in [0, 0.05) is 19.0 Å². The van der Waals surface area contributed by atoms with Crippen LogP contribution < -0.4 is 5.73 Å². The maximum Gasteiger partial charge on any atom is 0.303 e. The fraction of sp³-hybridized carbons (Fsp3) is 0.818. The molecule has 0 aromatic heterocycles. The summed E-state index contributed by atoms with van der Waals surface area (Å²) >= 11 is 0. The highest BCUT2D eigenvalue weighted by Crippen LogP contribution is 2.20. The van der Waals surface area contributed by atoms with Crippen molar-refractivity contribution in [2.45, 2.75) is 32.7 Å². The molecule has 3 N–H and O–H groups in total. The van der Waals surface area contributed by atoms with Crippen molar-refractivity contribution in [1.82, 2.24) is 4.90 Å². The number of carbonyl (C=O) groups is 2. The molecule has 0 unspecified atom stereocenters. The zero-order valence-corrected chi connectivity index (χ0v) is 9.85. The maximum atomic E-state index is 11.7. The Balaban J connectivity index is 2.28. The number of likely N-dealkylation sites (tertiary alicyclic amines) is 1. The van der Waals surface area contributed by atoms with E-state index < -0.39 is 12.0 Å². The number of nitrogens with zero attached hydrogens (tertiary/aromatic N) is 1. The summed E-state index contributed by atoms with van der Waals surface area (Å²) in [6.45, 7) is 5.13. The minimum atomic E-state index is -0.802. The number of amides is 1. The van der Waals surface area contributed by atoms with E-state index in [0.717, 1.165) is 0 Å². The molecule has 5 heteroatoms. The van der Waals surface area contributed by atoms with Crippen LogP contribution >= 0.6 is 0 Å². The van der Waals surface area contributed by atoms with Crippen molar-refractivity contribution in [2.75, 3.05) is 13.1 Å². The average Bonchev–Trinajstić information content (AvgIpc) is 2.07. The third kappa shape index (κ3) is 3.48. The number of hydrogen-bond donors (Lipinski definition) is 2. The monoisotopic (exact) mass is 228 g/mol. The molecule has 0 aliphatic carbocycles.